The highest BCUT2D eigenvalue weighted by atomic mass is 16.5. The van der Waals surface area contributed by atoms with E-state index >= 15 is 0 Å². The molecule has 2 rings (SSSR count). The van der Waals surface area contributed by atoms with Crippen molar-refractivity contribution in [2.24, 2.45) is 7.05 Å². The second-order valence-electron chi connectivity index (χ2n) is 4.31. The van der Waals surface area contributed by atoms with Crippen LogP contribution in [-0.2, 0) is 16.6 Å². The van der Waals surface area contributed by atoms with E-state index < -0.39 is 5.97 Å². The summed E-state index contributed by atoms with van der Waals surface area (Å²) in [6, 6.07) is 6.66. The third-order valence-corrected chi connectivity index (χ3v) is 2.74. The lowest BCUT2D eigenvalue weighted by atomic mass is 10.2. The second kappa shape index (κ2) is 6.51. The maximum absolute atomic E-state index is 11.9. The molecule has 0 saturated heterocycles. The van der Waals surface area contributed by atoms with Gasteiger partial charge in [0.1, 0.15) is 0 Å². The fourth-order valence-corrected chi connectivity index (χ4v) is 1.75. The van der Waals surface area contributed by atoms with Crippen LogP contribution >= 0.6 is 0 Å². The van der Waals surface area contributed by atoms with Crippen LogP contribution in [0.4, 0.5) is 5.69 Å². The van der Waals surface area contributed by atoms with Gasteiger partial charge >= 0.3 is 5.97 Å². The number of benzene rings is 1. The highest BCUT2D eigenvalue weighted by Gasteiger charge is 2.11. The number of para-hydroxylation sites is 1. The number of carbonyl (C=O) groups is 2. The summed E-state index contributed by atoms with van der Waals surface area (Å²) in [6.45, 7) is 0. The third-order valence-electron chi connectivity index (χ3n) is 2.74. The van der Waals surface area contributed by atoms with Gasteiger partial charge in [0.15, 0.2) is 0 Å². The Morgan fingerprint density at radius 2 is 2.10 bits per heavy atom. The Morgan fingerprint density at radius 1 is 1.33 bits per heavy atom. The Bertz CT molecular complexity index is 689. The van der Waals surface area contributed by atoms with Crippen molar-refractivity contribution in [1.82, 2.24) is 9.78 Å². The van der Waals surface area contributed by atoms with Crippen LogP contribution in [0.2, 0.25) is 0 Å². The number of methoxy groups -OCH3 is 1. The molecule has 0 fully saturated rings. The fraction of sp³-hybridized carbons (Fsp3) is 0.133. The molecule has 1 aromatic carbocycles. The van der Waals surface area contributed by atoms with E-state index in [4.69, 9.17) is 0 Å². The number of ether oxygens (including phenoxy) is 1. The monoisotopic (exact) mass is 285 g/mol. The Labute approximate surface area is 122 Å². The Morgan fingerprint density at radius 3 is 2.76 bits per heavy atom. The van der Waals surface area contributed by atoms with E-state index in [2.05, 4.69) is 15.2 Å². The molecule has 108 valence electrons. The first-order valence-electron chi connectivity index (χ1n) is 6.25. The van der Waals surface area contributed by atoms with Crippen LogP contribution in [0.1, 0.15) is 15.9 Å². The lowest BCUT2D eigenvalue weighted by Gasteiger charge is -2.07. The normalized spacial score (nSPS) is 10.6. The van der Waals surface area contributed by atoms with Gasteiger partial charge in [-0.3, -0.25) is 9.48 Å². The molecule has 0 aliphatic heterocycles. The first-order valence-corrected chi connectivity index (χ1v) is 6.25. The largest absolute Gasteiger partial charge is 0.465 e. The van der Waals surface area contributed by atoms with E-state index in [1.54, 1.807) is 54.5 Å². The number of carbonyl (C=O) groups excluding carboxylic acids is 2. The van der Waals surface area contributed by atoms with Crippen molar-refractivity contribution in [3.63, 3.8) is 0 Å². The number of anilines is 1. The quantitative estimate of drug-likeness (QED) is 0.687. The Kier molecular flexibility index (Phi) is 4.50. The van der Waals surface area contributed by atoms with Crippen LogP contribution in [-0.4, -0.2) is 28.8 Å². The molecule has 6 nitrogen and oxygen atoms in total. The topological polar surface area (TPSA) is 73.2 Å². The van der Waals surface area contributed by atoms with Crippen molar-refractivity contribution in [3.05, 3.63) is 53.9 Å². The maximum Gasteiger partial charge on any atom is 0.339 e. The van der Waals surface area contributed by atoms with Crippen LogP contribution in [0, 0.1) is 0 Å². The van der Waals surface area contributed by atoms with Gasteiger partial charge in [-0.2, -0.15) is 5.10 Å². The molecule has 6 heteroatoms. The van der Waals surface area contributed by atoms with Gasteiger partial charge in [0.2, 0.25) is 5.91 Å². The molecule has 0 aliphatic rings. The average Bonchev–Trinajstić information content (AvgIpc) is 2.90. The van der Waals surface area contributed by atoms with E-state index in [9.17, 15) is 9.59 Å². The molecule has 0 atom stereocenters. The number of hydrogen-bond donors (Lipinski definition) is 1. The number of amides is 1. The van der Waals surface area contributed by atoms with Crippen LogP contribution in [0.25, 0.3) is 6.08 Å². The second-order valence-corrected chi connectivity index (χ2v) is 4.31. The van der Waals surface area contributed by atoms with Gasteiger partial charge in [-0.05, 0) is 18.2 Å². The minimum absolute atomic E-state index is 0.308. The predicted molar refractivity (Wildman–Crippen MR) is 78.7 cm³/mol. The van der Waals surface area contributed by atoms with E-state index in [0.717, 1.165) is 5.56 Å². The Balaban J connectivity index is 2.09. The molecule has 21 heavy (non-hydrogen) atoms. The minimum atomic E-state index is -0.498. The summed E-state index contributed by atoms with van der Waals surface area (Å²) in [4.78, 5) is 23.5. The van der Waals surface area contributed by atoms with E-state index in [0.29, 0.717) is 11.3 Å². The molecule has 1 aromatic heterocycles. The molecular weight excluding hydrogens is 270 g/mol. The lowest BCUT2D eigenvalue weighted by molar-refractivity contribution is -0.111. The highest BCUT2D eigenvalue weighted by Crippen LogP contribution is 2.16. The smallest absolute Gasteiger partial charge is 0.339 e. The summed E-state index contributed by atoms with van der Waals surface area (Å²) in [5, 5.41) is 6.65. The van der Waals surface area contributed by atoms with E-state index in [1.807, 2.05) is 0 Å². The van der Waals surface area contributed by atoms with Crippen molar-refractivity contribution in [2.75, 3.05) is 12.4 Å². The van der Waals surface area contributed by atoms with Gasteiger partial charge in [0.05, 0.1) is 24.6 Å². The predicted octanol–water partition coefficient (Wildman–Crippen LogP) is 1.86. The van der Waals surface area contributed by atoms with E-state index in [-0.39, 0.29) is 5.91 Å². The van der Waals surface area contributed by atoms with Crippen LogP contribution in [0.5, 0.6) is 0 Å². The zero-order valence-electron chi connectivity index (χ0n) is 11.7. The zero-order valence-corrected chi connectivity index (χ0v) is 11.7. The van der Waals surface area contributed by atoms with Crippen molar-refractivity contribution in [1.29, 1.82) is 0 Å². The molecule has 1 N–H and O–H groups in total. The minimum Gasteiger partial charge on any atom is -0.465 e. The summed E-state index contributed by atoms with van der Waals surface area (Å²) in [5.41, 5.74) is 1.53. The van der Waals surface area contributed by atoms with Crippen molar-refractivity contribution < 1.29 is 14.3 Å². The van der Waals surface area contributed by atoms with Crippen molar-refractivity contribution in [2.45, 2.75) is 0 Å². The first kappa shape index (κ1) is 14.5. The van der Waals surface area contributed by atoms with Crippen molar-refractivity contribution >= 4 is 23.6 Å². The molecule has 0 radical (unpaired) electrons. The van der Waals surface area contributed by atoms with Gasteiger partial charge in [-0.25, -0.2) is 4.79 Å². The van der Waals surface area contributed by atoms with Crippen molar-refractivity contribution in [3.8, 4) is 0 Å². The van der Waals surface area contributed by atoms with Crippen LogP contribution in [0.15, 0.2) is 42.7 Å². The molecule has 1 amide bonds. The third kappa shape index (κ3) is 3.79. The first-order chi connectivity index (χ1) is 10.1. The lowest BCUT2D eigenvalue weighted by Crippen LogP contribution is -2.12. The van der Waals surface area contributed by atoms with Gasteiger partial charge < -0.3 is 10.1 Å². The summed E-state index contributed by atoms with van der Waals surface area (Å²) in [6.07, 6.45) is 6.45. The molecule has 0 saturated carbocycles. The number of rotatable bonds is 4. The highest BCUT2D eigenvalue weighted by molar-refractivity contribution is 6.06. The Hall–Kier alpha value is -2.89. The maximum atomic E-state index is 11.9. The van der Waals surface area contributed by atoms with E-state index in [1.165, 1.54) is 13.2 Å². The summed E-state index contributed by atoms with van der Waals surface area (Å²) in [5.74, 6) is -0.836. The standard InChI is InChI=1S/C15H15N3O3/c1-18-10-11(9-16-18)7-8-14(19)17-13-6-4-3-5-12(13)15(20)21-2/h3-10H,1-2H3,(H,17,19). The van der Waals surface area contributed by atoms with Gasteiger partial charge in [0.25, 0.3) is 0 Å². The van der Waals surface area contributed by atoms with Gasteiger partial charge in [-0.1, -0.05) is 12.1 Å². The molecule has 0 aliphatic carbocycles. The van der Waals surface area contributed by atoms with Crippen LogP contribution < -0.4 is 5.32 Å². The summed E-state index contributed by atoms with van der Waals surface area (Å²) < 4.78 is 6.31. The average molecular weight is 285 g/mol. The molecule has 0 spiro atoms. The molecule has 0 bridgehead atoms. The zero-order chi connectivity index (χ0) is 15.2. The van der Waals surface area contributed by atoms with Gasteiger partial charge in [-0.15, -0.1) is 0 Å². The number of aryl methyl sites for hydroxylation is 1. The molecular formula is C15H15N3O3. The number of hydrogen-bond acceptors (Lipinski definition) is 4. The number of nitrogens with zero attached hydrogens (tertiary/aromatic N) is 2. The molecule has 0 unspecified atom stereocenters. The SMILES string of the molecule is COC(=O)c1ccccc1NC(=O)C=Cc1cnn(C)c1. The van der Waals surface area contributed by atoms with Gasteiger partial charge in [0, 0.05) is 24.9 Å². The molecule has 2 aromatic rings. The van der Waals surface area contributed by atoms with Crippen LogP contribution in [0.3, 0.4) is 0 Å². The number of nitrogens with one attached hydrogen (secondary N) is 1. The fourth-order valence-electron chi connectivity index (χ4n) is 1.75. The summed E-state index contributed by atoms with van der Waals surface area (Å²) in [7, 11) is 3.09. The number of aromatic nitrogens is 2. The number of esters is 1. The molecule has 1 heterocycles. The summed E-state index contributed by atoms with van der Waals surface area (Å²) >= 11 is 0.